The minimum absolute atomic E-state index is 0.0154. The molecule has 8 nitrogen and oxygen atoms in total. The highest BCUT2D eigenvalue weighted by molar-refractivity contribution is 7.80. The molecule has 0 spiro atoms. The molecule has 1 aliphatic rings. The summed E-state index contributed by atoms with van der Waals surface area (Å²) in [4.78, 5) is 0. The molecule has 0 N–H and O–H groups in total. The lowest BCUT2D eigenvalue weighted by Crippen LogP contribution is -2.52. The Morgan fingerprint density at radius 1 is 1.03 bits per heavy atom. The molecular weight excluding hydrogens is 422 g/mol. The molecule has 170 valence electrons. The molecule has 0 bridgehead atoms. The Kier molecular flexibility index (Phi) is 7.10. The van der Waals surface area contributed by atoms with Crippen molar-refractivity contribution < 1.29 is 35.8 Å². The van der Waals surface area contributed by atoms with Gasteiger partial charge in [-0.2, -0.15) is 0 Å². The van der Waals surface area contributed by atoms with Crippen LogP contribution in [0, 0.1) is 0 Å². The minimum Gasteiger partial charge on any atom is -0.726 e. The maximum absolute atomic E-state index is 10.8. The zero-order chi connectivity index (χ0) is 22.6. The summed E-state index contributed by atoms with van der Waals surface area (Å²) in [6.07, 6.45) is 1.27. The largest absolute Gasteiger partial charge is 0.726 e. The van der Waals surface area contributed by atoms with E-state index in [0.717, 1.165) is 29.8 Å². The van der Waals surface area contributed by atoms with Crippen LogP contribution >= 0.6 is 0 Å². The fourth-order valence-corrected chi connectivity index (χ4v) is 4.72. The number of fused-ring (bicyclic) bond motifs is 1. The lowest BCUT2D eigenvalue weighted by molar-refractivity contribution is -0.935. The van der Waals surface area contributed by atoms with Crippen LogP contribution in [0.3, 0.4) is 0 Å². The normalized spacial score (nSPS) is 20.7. The number of hydrogen-bond donors (Lipinski definition) is 0. The Labute approximate surface area is 183 Å². The van der Waals surface area contributed by atoms with Crippen LogP contribution in [0.15, 0.2) is 36.4 Å². The number of rotatable bonds is 9. The molecule has 2 aromatic rings. The number of likely N-dealkylation sites (N-methyl/N-ethyl adjacent to an activating group) is 1. The maximum Gasteiger partial charge on any atom is 0.217 e. The highest BCUT2D eigenvalue weighted by atomic mass is 32.3. The quantitative estimate of drug-likeness (QED) is 0.250. The van der Waals surface area contributed by atoms with E-state index in [1.165, 1.54) is 5.56 Å². The number of ether oxygens (including phenoxy) is 3. The van der Waals surface area contributed by atoms with Crippen LogP contribution < -0.4 is 14.2 Å². The third-order valence-corrected chi connectivity index (χ3v) is 6.38. The molecule has 0 amide bonds. The predicted octanol–water partition coefficient (Wildman–Crippen LogP) is 2.67. The Balaban J connectivity index is 2.00. The molecule has 2 atom stereocenters. The van der Waals surface area contributed by atoms with Crippen LogP contribution in [0.5, 0.6) is 17.2 Å². The zero-order valence-corrected chi connectivity index (χ0v) is 19.1. The summed E-state index contributed by atoms with van der Waals surface area (Å²) in [5.74, 6) is 2.13. The van der Waals surface area contributed by atoms with Crippen molar-refractivity contribution in [3.8, 4) is 17.2 Å². The van der Waals surface area contributed by atoms with Gasteiger partial charge in [0.25, 0.3) is 0 Å². The van der Waals surface area contributed by atoms with Crippen molar-refractivity contribution in [1.82, 2.24) is 0 Å². The Bertz CT molecular complexity index is 1010. The van der Waals surface area contributed by atoms with Gasteiger partial charge < -0.3 is 23.2 Å². The summed E-state index contributed by atoms with van der Waals surface area (Å²) in [5.41, 5.74) is 3.43. The Morgan fingerprint density at radius 3 is 2.26 bits per heavy atom. The second-order valence-corrected chi connectivity index (χ2v) is 8.89. The van der Waals surface area contributed by atoms with Gasteiger partial charge in [0.05, 0.1) is 48.1 Å². The van der Waals surface area contributed by atoms with E-state index >= 15 is 0 Å². The SMILES string of the molecule is COc1ccc([C@H]2c3cc(OC)c(OC)cc3CC[N@+]2(C)CCCOS(=O)(=O)[O-])cc1. The van der Waals surface area contributed by atoms with E-state index in [4.69, 9.17) is 14.2 Å². The highest BCUT2D eigenvalue weighted by Gasteiger charge is 2.40. The molecule has 1 heterocycles. The molecule has 2 aromatic carbocycles. The molecule has 0 fully saturated rings. The molecule has 0 radical (unpaired) electrons. The van der Waals surface area contributed by atoms with Gasteiger partial charge in [-0.05, 0) is 42.0 Å². The number of quaternary nitrogens is 1. The van der Waals surface area contributed by atoms with Crippen LogP contribution in [0.4, 0.5) is 0 Å². The molecule has 1 aliphatic heterocycles. The first-order valence-electron chi connectivity index (χ1n) is 10.0. The zero-order valence-electron chi connectivity index (χ0n) is 18.3. The summed E-state index contributed by atoms with van der Waals surface area (Å²) in [6, 6.07) is 12.0. The molecule has 31 heavy (non-hydrogen) atoms. The van der Waals surface area contributed by atoms with Gasteiger partial charge in [0.15, 0.2) is 11.5 Å². The smallest absolute Gasteiger partial charge is 0.217 e. The molecule has 3 rings (SSSR count). The van der Waals surface area contributed by atoms with Gasteiger partial charge in [-0.15, -0.1) is 0 Å². The van der Waals surface area contributed by atoms with E-state index in [9.17, 15) is 13.0 Å². The Morgan fingerprint density at radius 2 is 1.68 bits per heavy atom. The van der Waals surface area contributed by atoms with Crippen LogP contribution in [0.1, 0.15) is 29.2 Å². The number of nitrogens with zero attached hydrogens (tertiary/aromatic N) is 1. The van der Waals surface area contributed by atoms with E-state index in [1.807, 2.05) is 36.4 Å². The van der Waals surface area contributed by atoms with Gasteiger partial charge in [-0.3, -0.25) is 4.18 Å². The summed E-state index contributed by atoms with van der Waals surface area (Å²) >= 11 is 0. The second kappa shape index (κ2) is 9.44. The molecule has 0 saturated carbocycles. The first kappa shape index (κ1) is 23.3. The minimum atomic E-state index is -4.69. The standard InChI is InChI=1S/C22H29NO7S/c1-23(11-5-13-30-31(24,25)26)12-10-17-14-20(28-3)21(29-4)15-19(17)22(23)16-6-8-18(27-2)9-7-16/h6-9,14-15,22H,5,10-13H2,1-4H3/t22-,23-/m0/s1. The molecule has 0 unspecified atom stereocenters. The Hall–Kier alpha value is -2.33. The van der Waals surface area contributed by atoms with Crippen molar-refractivity contribution >= 4 is 10.4 Å². The maximum atomic E-state index is 10.8. The summed E-state index contributed by atoms with van der Waals surface area (Å²) < 4.78 is 53.8. The number of benzene rings is 2. The molecular formula is C22H29NO7S. The molecule has 0 saturated heterocycles. The van der Waals surface area contributed by atoms with Gasteiger partial charge >= 0.3 is 0 Å². The van der Waals surface area contributed by atoms with Crippen molar-refractivity contribution in [2.45, 2.75) is 18.9 Å². The van der Waals surface area contributed by atoms with Crippen molar-refractivity contribution in [3.05, 3.63) is 53.1 Å². The second-order valence-electron chi connectivity index (χ2n) is 7.84. The van der Waals surface area contributed by atoms with Gasteiger partial charge in [-0.25, -0.2) is 8.42 Å². The van der Waals surface area contributed by atoms with E-state index in [-0.39, 0.29) is 12.6 Å². The van der Waals surface area contributed by atoms with Crippen molar-refractivity contribution in [2.24, 2.45) is 0 Å². The van der Waals surface area contributed by atoms with Crippen LogP contribution in [0.2, 0.25) is 0 Å². The number of methoxy groups -OCH3 is 3. The van der Waals surface area contributed by atoms with Gasteiger partial charge in [0.2, 0.25) is 10.4 Å². The summed E-state index contributed by atoms with van der Waals surface area (Å²) in [7, 11) is 2.32. The van der Waals surface area contributed by atoms with Crippen LogP contribution in [-0.2, 0) is 21.0 Å². The highest BCUT2D eigenvalue weighted by Crippen LogP contribution is 2.44. The lowest BCUT2D eigenvalue weighted by Gasteiger charge is -2.46. The number of hydrogen-bond acceptors (Lipinski definition) is 7. The van der Waals surface area contributed by atoms with Crippen LogP contribution in [0.25, 0.3) is 0 Å². The van der Waals surface area contributed by atoms with Crippen molar-refractivity contribution in [2.75, 3.05) is 48.1 Å². The summed E-state index contributed by atoms with van der Waals surface area (Å²) in [6.45, 7) is 1.34. The topological polar surface area (TPSA) is 94.1 Å². The predicted molar refractivity (Wildman–Crippen MR) is 114 cm³/mol. The first-order chi connectivity index (χ1) is 14.7. The third-order valence-electron chi connectivity index (χ3n) is 5.93. The van der Waals surface area contributed by atoms with Gasteiger partial charge in [-0.1, -0.05) is 0 Å². The average Bonchev–Trinajstić information content (AvgIpc) is 2.75. The summed E-state index contributed by atoms with van der Waals surface area (Å²) in [5, 5.41) is 0. The molecule has 0 aliphatic carbocycles. The van der Waals surface area contributed by atoms with E-state index in [0.29, 0.717) is 28.9 Å². The molecule has 9 heteroatoms. The third kappa shape index (κ3) is 5.30. The van der Waals surface area contributed by atoms with Crippen LogP contribution in [-0.4, -0.2) is 65.5 Å². The monoisotopic (exact) mass is 451 g/mol. The van der Waals surface area contributed by atoms with E-state index in [1.54, 1.807) is 21.3 Å². The van der Waals surface area contributed by atoms with E-state index < -0.39 is 10.4 Å². The first-order valence-corrected chi connectivity index (χ1v) is 11.4. The fourth-order valence-electron chi connectivity index (χ4n) is 4.40. The van der Waals surface area contributed by atoms with Crippen molar-refractivity contribution in [1.29, 1.82) is 0 Å². The molecule has 0 aromatic heterocycles. The van der Waals surface area contributed by atoms with Gasteiger partial charge in [0.1, 0.15) is 11.8 Å². The average molecular weight is 452 g/mol. The van der Waals surface area contributed by atoms with Crippen molar-refractivity contribution in [3.63, 3.8) is 0 Å². The van der Waals surface area contributed by atoms with Gasteiger partial charge in [0, 0.05) is 24.0 Å². The fraction of sp³-hybridized carbons (Fsp3) is 0.455. The van der Waals surface area contributed by atoms with E-state index in [2.05, 4.69) is 11.2 Å². The lowest BCUT2D eigenvalue weighted by atomic mass is 9.85.